The molecule has 3 nitrogen and oxygen atoms in total. The molecule has 0 aliphatic carbocycles. The van der Waals surface area contributed by atoms with Gasteiger partial charge in [-0.25, -0.2) is 4.39 Å². The fourth-order valence-corrected chi connectivity index (χ4v) is 3.27. The highest BCUT2D eigenvalue weighted by molar-refractivity contribution is 7.99. The molecule has 0 atom stereocenters. The minimum Gasteiger partial charge on any atom is -0.321 e. The van der Waals surface area contributed by atoms with Crippen molar-refractivity contribution < 1.29 is 18.0 Å². The maximum atomic E-state index is 13.8. The van der Waals surface area contributed by atoms with Gasteiger partial charge in [-0.3, -0.25) is 9.59 Å². The molecule has 8 heteroatoms. The Labute approximate surface area is 132 Å². The molecule has 1 heterocycles. The lowest BCUT2D eigenvalue weighted by molar-refractivity contribution is -0.0268. The molecule has 1 aromatic heterocycles. The molecule has 2 rings (SSSR count). The molecule has 0 amide bonds. The van der Waals surface area contributed by atoms with Crippen molar-refractivity contribution in [3.63, 3.8) is 0 Å². The lowest BCUT2D eigenvalue weighted by atomic mass is 10.0. The third-order valence-electron chi connectivity index (χ3n) is 3.16. The van der Waals surface area contributed by atoms with Crippen molar-refractivity contribution in [3.05, 3.63) is 38.6 Å². The number of pyridine rings is 1. The van der Waals surface area contributed by atoms with Crippen molar-refractivity contribution in [2.45, 2.75) is 17.7 Å². The number of carbonyl (C=O) groups excluding carboxylic acids is 1. The molecular weight excluding hydrogens is 339 g/mol. The molecule has 0 radical (unpaired) electrons. The van der Waals surface area contributed by atoms with Crippen molar-refractivity contribution in [1.82, 2.24) is 4.98 Å². The number of aromatic amines is 1. The Morgan fingerprint density at radius 2 is 2.05 bits per heavy atom. The van der Waals surface area contributed by atoms with E-state index >= 15 is 0 Å². The molecule has 118 valence electrons. The van der Waals surface area contributed by atoms with Crippen LogP contribution in [-0.2, 0) is 5.92 Å². The number of H-pyrrole nitrogens is 1. The Morgan fingerprint density at radius 1 is 1.41 bits per heavy atom. The van der Waals surface area contributed by atoms with Crippen molar-refractivity contribution >= 4 is 40.0 Å². The first-order chi connectivity index (χ1) is 10.2. The van der Waals surface area contributed by atoms with Gasteiger partial charge in [-0.1, -0.05) is 11.6 Å². The maximum absolute atomic E-state index is 13.8. The van der Waals surface area contributed by atoms with Gasteiger partial charge in [-0.2, -0.15) is 8.78 Å². The number of hydrogen-bond donors (Lipinski definition) is 1. The Balaban J connectivity index is 3.03. The molecule has 1 aromatic carbocycles. The van der Waals surface area contributed by atoms with Crippen LogP contribution in [0.1, 0.15) is 22.8 Å². The standard InChI is InChI=1S/C14H11ClF3NO2S/c1-6(20)10-12(22-2)8-3-7(15)4-9(14(17,18)5-16)11(8)19-13(10)21/h3-4H,5H2,1-2H3,(H,19,21). The molecule has 0 aliphatic heterocycles. The van der Waals surface area contributed by atoms with Crippen molar-refractivity contribution in [1.29, 1.82) is 0 Å². The quantitative estimate of drug-likeness (QED) is 0.666. The zero-order valence-electron chi connectivity index (χ0n) is 11.6. The summed E-state index contributed by atoms with van der Waals surface area (Å²) in [6, 6.07) is 2.28. The van der Waals surface area contributed by atoms with Crippen molar-refractivity contribution in [2.24, 2.45) is 0 Å². The normalized spacial score (nSPS) is 11.9. The maximum Gasteiger partial charge on any atom is 0.303 e. The summed E-state index contributed by atoms with van der Waals surface area (Å²) < 4.78 is 40.2. The van der Waals surface area contributed by atoms with Crippen LogP contribution in [0.5, 0.6) is 0 Å². The van der Waals surface area contributed by atoms with E-state index in [0.29, 0.717) is 0 Å². The Bertz CT molecular complexity index is 820. The van der Waals surface area contributed by atoms with E-state index < -0.39 is 29.5 Å². The Hall–Kier alpha value is -1.47. The van der Waals surface area contributed by atoms with Crippen LogP contribution in [0.2, 0.25) is 5.02 Å². The lowest BCUT2D eigenvalue weighted by Crippen LogP contribution is -2.22. The second-order valence-electron chi connectivity index (χ2n) is 4.63. The van der Waals surface area contributed by atoms with Gasteiger partial charge in [0.05, 0.1) is 11.1 Å². The van der Waals surface area contributed by atoms with Gasteiger partial charge in [-0.15, -0.1) is 11.8 Å². The van der Waals surface area contributed by atoms with E-state index in [4.69, 9.17) is 11.6 Å². The molecular formula is C14H11ClF3NO2S. The number of ketones is 1. The van der Waals surface area contributed by atoms with Gasteiger partial charge in [0, 0.05) is 20.9 Å². The van der Waals surface area contributed by atoms with Gasteiger partial charge in [0.2, 0.25) is 0 Å². The summed E-state index contributed by atoms with van der Waals surface area (Å²) >= 11 is 6.91. The summed E-state index contributed by atoms with van der Waals surface area (Å²) in [5, 5.41) is 0.153. The molecule has 2 aromatic rings. The van der Waals surface area contributed by atoms with Crippen LogP contribution in [0.25, 0.3) is 10.9 Å². The number of benzene rings is 1. The van der Waals surface area contributed by atoms with Crippen LogP contribution in [0.4, 0.5) is 13.2 Å². The predicted octanol–water partition coefficient (Wildman–Crippen LogP) is 4.17. The minimum atomic E-state index is -3.79. The van der Waals surface area contributed by atoms with E-state index in [9.17, 15) is 22.8 Å². The van der Waals surface area contributed by atoms with Gasteiger partial charge < -0.3 is 4.98 Å². The molecule has 22 heavy (non-hydrogen) atoms. The fraction of sp³-hybridized carbons (Fsp3) is 0.286. The van der Waals surface area contributed by atoms with Crippen LogP contribution in [0.15, 0.2) is 21.8 Å². The van der Waals surface area contributed by atoms with Gasteiger partial charge >= 0.3 is 5.92 Å². The van der Waals surface area contributed by atoms with Crippen LogP contribution < -0.4 is 5.56 Å². The number of hydrogen-bond acceptors (Lipinski definition) is 3. The lowest BCUT2D eigenvalue weighted by Gasteiger charge is -2.17. The molecule has 0 spiro atoms. The highest BCUT2D eigenvalue weighted by Crippen LogP contribution is 2.38. The molecule has 0 saturated heterocycles. The molecule has 0 fully saturated rings. The third kappa shape index (κ3) is 2.75. The molecule has 0 saturated carbocycles. The van der Waals surface area contributed by atoms with E-state index in [2.05, 4.69) is 4.98 Å². The summed E-state index contributed by atoms with van der Waals surface area (Å²) in [4.78, 5) is 26.2. The molecule has 1 N–H and O–H groups in total. The number of nitrogens with one attached hydrogen (secondary N) is 1. The SMILES string of the molecule is CSc1c(C(C)=O)c(=O)[nH]c2c(C(F)(F)CF)cc(Cl)cc12. The number of alkyl halides is 3. The van der Waals surface area contributed by atoms with Crippen molar-refractivity contribution in [2.75, 3.05) is 12.9 Å². The average Bonchev–Trinajstić information content (AvgIpc) is 2.45. The number of fused-ring (bicyclic) bond motifs is 1. The largest absolute Gasteiger partial charge is 0.321 e. The highest BCUT2D eigenvalue weighted by atomic mass is 35.5. The number of Topliss-reactive ketones (excluding diaryl/α,β-unsaturated/α-hetero) is 1. The first-order valence-electron chi connectivity index (χ1n) is 6.11. The minimum absolute atomic E-state index is 0.0347. The Morgan fingerprint density at radius 3 is 2.55 bits per heavy atom. The second kappa shape index (κ2) is 5.96. The van der Waals surface area contributed by atoms with E-state index in [-0.39, 0.29) is 26.4 Å². The number of thioether (sulfide) groups is 1. The number of aromatic nitrogens is 1. The van der Waals surface area contributed by atoms with Crippen LogP contribution >= 0.6 is 23.4 Å². The first-order valence-corrected chi connectivity index (χ1v) is 7.72. The second-order valence-corrected chi connectivity index (χ2v) is 5.89. The zero-order valence-corrected chi connectivity index (χ0v) is 13.2. The summed E-state index contributed by atoms with van der Waals surface area (Å²) in [6.45, 7) is -0.717. The van der Waals surface area contributed by atoms with Crippen LogP contribution in [-0.4, -0.2) is 23.7 Å². The zero-order chi connectivity index (χ0) is 16.7. The summed E-state index contributed by atoms with van der Waals surface area (Å²) in [7, 11) is 0. The topological polar surface area (TPSA) is 49.9 Å². The molecule has 0 unspecified atom stereocenters. The van der Waals surface area contributed by atoms with Crippen LogP contribution in [0.3, 0.4) is 0 Å². The van der Waals surface area contributed by atoms with E-state index in [0.717, 1.165) is 17.8 Å². The van der Waals surface area contributed by atoms with Gasteiger partial charge in [-0.05, 0) is 25.3 Å². The molecule has 0 aliphatic rings. The summed E-state index contributed by atoms with van der Waals surface area (Å²) in [5.74, 6) is -4.29. The average molecular weight is 350 g/mol. The van der Waals surface area contributed by atoms with E-state index in [1.54, 1.807) is 6.26 Å². The van der Waals surface area contributed by atoms with Gasteiger partial charge in [0.15, 0.2) is 12.5 Å². The summed E-state index contributed by atoms with van der Waals surface area (Å²) in [5.41, 5.74) is -1.84. The monoisotopic (exact) mass is 349 g/mol. The third-order valence-corrected chi connectivity index (χ3v) is 4.21. The highest BCUT2D eigenvalue weighted by Gasteiger charge is 2.35. The number of rotatable bonds is 4. The van der Waals surface area contributed by atoms with Gasteiger partial charge in [0.25, 0.3) is 5.56 Å². The van der Waals surface area contributed by atoms with Crippen molar-refractivity contribution in [3.8, 4) is 0 Å². The first kappa shape index (κ1) is 16.9. The Kier molecular flexibility index (Phi) is 4.58. The molecule has 0 bridgehead atoms. The fourth-order valence-electron chi connectivity index (χ4n) is 2.23. The number of halogens is 4. The summed E-state index contributed by atoms with van der Waals surface area (Å²) in [6.07, 6.45) is 1.61. The van der Waals surface area contributed by atoms with Crippen LogP contribution in [0, 0.1) is 0 Å². The smallest absolute Gasteiger partial charge is 0.303 e. The number of carbonyl (C=O) groups is 1. The van der Waals surface area contributed by atoms with E-state index in [1.807, 2.05) is 0 Å². The van der Waals surface area contributed by atoms with Gasteiger partial charge in [0.1, 0.15) is 0 Å². The predicted molar refractivity (Wildman–Crippen MR) is 81.2 cm³/mol. The van der Waals surface area contributed by atoms with E-state index in [1.165, 1.54) is 13.0 Å².